The summed E-state index contributed by atoms with van der Waals surface area (Å²) < 4.78 is 0. The first-order chi connectivity index (χ1) is 16.3. The number of anilines is 3. The first kappa shape index (κ1) is 19.3. The fraction of sp³-hybridized carbons (Fsp3) is 0. The maximum absolute atomic E-state index is 3.90. The zero-order chi connectivity index (χ0) is 22.2. The van der Waals surface area contributed by atoms with Crippen molar-refractivity contribution >= 4 is 55.5 Å². The van der Waals surface area contributed by atoms with Crippen LogP contribution in [0.5, 0.6) is 0 Å². The zero-order valence-electron chi connectivity index (χ0n) is 18.3. The van der Waals surface area contributed by atoms with Gasteiger partial charge < -0.3 is 4.90 Å². The monoisotopic (exact) mass is 421 g/mol. The fourth-order valence-corrected chi connectivity index (χ4v) is 4.60. The molecule has 0 spiro atoms. The Bertz CT molecular complexity index is 1560. The van der Waals surface area contributed by atoms with Gasteiger partial charge in [0.05, 0.1) is 0 Å². The van der Waals surface area contributed by atoms with Gasteiger partial charge in [-0.3, -0.25) is 0 Å². The third kappa shape index (κ3) is 3.54. The molecule has 0 fully saturated rings. The minimum atomic E-state index is 1.14. The van der Waals surface area contributed by atoms with Crippen molar-refractivity contribution in [1.82, 2.24) is 0 Å². The standard InChI is InChI=1S/C32H23N/c1-2-23-11-12-29-22-32(18-15-28(29)19-23)33(30-16-13-24-7-3-5-9-26(24)20-30)31-17-14-25-8-4-6-10-27(25)21-31/h2-22H,1H2. The molecule has 156 valence electrons. The van der Waals surface area contributed by atoms with Gasteiger partial charge in [0.1, 0.15) is 0 Å². The predicted octanol–water partition coefficient (Wildman–Crippen LogP) is 9.26. The van der Waals surface area contributed by atoms with E-state index >= 15 is 0 Å². The lowest BCUT2D eigenvalue weighted by Gasteiger charge is -2.26. The third-order valence-electron chi connectivity index (χ3n) is 6.32. The van der Waals surface area contributed by atoms with Crippen LogP contribution in [0.4, 0.5) is 17.1 Å². The molecule has 0 aromatic heterocycles. The van der Waals surface area contributed by atoms with Crippen molar-refractivity contribution in [2.75, 3.05) is 4.90 Å². The smallest absolute Gasteiger partial charge is 0.0468 e. The molecular weight excluding hydrogens is 398 g/mol. The summed E-state index contributed by atoms with van der Waals surface area (Å²) >= 11 is 0. The fourth-order valence-electron chi connectivity index (χ4n) is 4.60. The van der Waals surface area contributed by atoms with Crippen LogP contribution in [0.15, 0.2) is 128 Å². The van der Waals surface area contributed by atoms with Crippen molar-refractivity contribution in [3.05, 3.63) is 133 Å². The molecule has 0 aliphatic carbocycles. The first-order valence-corrected chi connectivity index (χ1v) is 11.2. The molecule has 0 unspecified atom stereocenters. The molecule has 6 aromatic rings. The number of benzene rings is 6. The predicted molar refractivity (Wildman–Crippen MR) is 144 cm³/mol. The highest BCUT2D eigenvalue weighted by Gasteiger charge is 2.14. The van der Waals surface area contributed by atoms with Crippen molar-refractivity contribution in [2.45, 2.75) is 0 Å². The maximum atomic E-state index is 3.90. The van der Waals surface area contributed by atoms with Crippen LogP contribution in [0.25, 0.3) is 38.4 Å². The zero-order valence-corrected chi connectivity index (χ0v) is 18.3. The summed E-state index contributed by atoms with van der Waals surface area (Å²) in [4.78, 5) is 2.35. The Hall–Kier alpha value is -4.36. The molecule has 6 rings (SSSR count). The number of nitrogens with zero attached hydrogens (tertiary/aromatic N) is 1. The lowest BCUT2D eigenvalue weighted by Crippen LogP contribution is -2.10. The van der Waals surface area contributed by atoms with Gasteiger partial charge in [0, 0.05) is 17.1 Å². The van der Waals surface area contributed by atoms with Gasteiger partial charge in [-0.1, -0.05) is 91.5 Å². The Labute approximate surface area is 193 Å². The van der Waals surface area contributed by atoms with Gasteiger partial charge in [-0.15, -0.1) is 0 Å². The molecule has 0 heterocycles. The molecule has 0 saturated carbocycles. The third-order valence-corrected chi connectivity index (χ3v) is 6.32. The van der Waals surface area contributed by atoms with E-state index in [1.165, 1.54) is 32.3 Å². The average molecular weight is 422 g/mol. The van der Waals surface area contributed by atoms with E-state index in [4.69, 9.17) is 0 Å². The lowest BCUT2D eigenvalue weighted by molar-refractivity contribution is 1.30. The Morgan fingerprint density at radius 1 is 0.424 bits per heavy atom. The van der Waals surface area contributed by atoms with E-state index in [9.17, 15) is 0 Å². The van der Waals surface area contributed by atoms with E-state index in [1.54, 1.807) is 0 Å². The molecule has 0 amide bonds. The molecule has 33 heavy (non-hydrogen) atoms. The number of hydrogen-bond acceptors (Lipinski definition) is 1. The molecule has 0 atom stereocenters. The van der Waals surface area contributed by atoms with Crippen LogP contribution >= 0.6 is 0 Å². The number of rotatable bonds is 4. The summed E-state index contributed by atoms with van der Waals surface area (Å²) in [5.74, 6) is 0. The minimum absolute atomic E-state index is 1.14. The Morgan fingerprint density at radius 2 is 0.818 bits per heavy atom. The number of fused-ring (bicyclic) bond motifs is 3. The van der Waals surface area contributed by atoms with Crippen LogP contribution in [0, 0.1) is 0 Å². The highest BCUT2D eigenvalue weighted by atomic mass is 15.1. The van der Waals surface area contributed by atoms with Crippen LogP contribution in [0.3, 0.4) is 0 Å². The number of hydrogen-bond donors (Lipinski definition) is 0. The topological polar surface area (TPSA) is 3.24 Å². The first-order valence-electron chi connectivity index (χ1n) is 11.2. The van der Waals surface area contributed by atoms with Crippen molar-refractivity contribution in [1.29, 1.82) is 0 Å². The van der Waals surface area contributed by atoms with Gasteiger partial charge in [-0.2, -0.15) is 0 Å². The second-order valence-electron chi connectivity index (χ2n) is 8.39. The van der Waals surface area contributed by atoms with E-state index in [0.717, 1.165) is 22.6 Å². The lowest BCUT2D eigenvalue weighted by atomic mass is 10.0. The maximum Gasteiger partial charge on any atom is 0.0468 e. The Balaban J connectivity index is 1.57. The molecule has 0 aliphatic heterocycles. The van der Waals surface area contributed by atoms with Crippen LogP contribution in [0.2, 0.25) is 0 Å². The molecule has 0 saturated heterocycles. The van der Waals surface area contributed by atoms with Crippen molar-refractivity contribution in [3.8, 4) is 0 Å². The van der Waals surface area contributed by atoms with Crippen LogP contribution in [-0.4, -0.2) is 0 Å². The van der Waals surface area contributed by atoms with Gasteiger partial charge >= 0.3 is 0 Å². The molecule has 1 heteroatoms. The van der Waals surface area contributed by atoms with Gasteiger partial charge in [0.25, 0.3) is 0 Å². The summed E-state index contributed by atoms with van der Waals surface area (Å²) in [5, 5.41) is 7.39. The molecule has 0 radical (unpaired) electrons. The molecule has 1 nitrogen and oxygen atoms in total. The van der Waals surface area contributed by atoms with Crippen molar-refractivity contribution in [2.24, 2.45) is 0 Å². The van der Waals surface area contributed by atoms with E-state index in [2.05, 4.69) is 133 Å². The van der Waals surface area contributed by atoms with E-state index < -0.39 is 0 Å². The second kappa shape index (κ2) is 7.96. The molecule has 6 aromatic carbocycles. The van der Waals surface area contributed by atoms with Gasteiger partial charge in [0.2, 0.25) is 0 Å². The van der Waals surface area contributed by atoms with Crippen LogP contribution in [-0.2, 0) is 0 Å². The average Bonchev–Trinajstić information content (AvgIpc) is 2.88. The van der Waals surface area contributed by atoms with Crippen LogP contribution in [0.1, 0.15) is 5.56 Å². The van der Waals surface area contributed by atoms with Crippen LogP contribution < -0.4 is 4.90 Å². The largest absolute Gasteiger partial charge is 0.310 e. The summed E-state index contributed by atoms with van der Waals surface area (Å²) in [6.07, 6.45) is 1.89. The van der Waals surface area contributed by atoms with Gasteiger partial charge in [-0.25, -0.2) is 0 Å². The molecule has 0 bridgehead atoms. The summed E-state index contributed by atoms with van der Waals surface area (Å²) in [6, 6.07) is 43.6. The van der Waals surface area contributed by atoms with Crippen molar-refractivity contribution < 1.29 is 0 Å². The molecule has 0 aliphatic rings. The van der Waals surface area contributed by atoms with Crippen molar-refractivity contribution in [3.63, 3.8) is 0 Å². The molecule has 0 N–H and O–H groups in total. The highest BCUT2D eigenvalue weighted by molar-refractivity contribution is 5.95. The van der Waals surface area contributed by atoms with Gasteiger partial charge in [0.15, 0.2) is 0 Å². The second-order valence-corrected chi connectivity index (χ2v) is 8.39. The Morgan fingerprint density at radius 3 is 1.33 bits per heavy atom. The SMILES string of the molecule is C=Cc1ccc2cc(N(c3ccc4ccccc4c3)c3ccc4ccccc4c3)ccc2c1. The minimum Gasteiger partial charge on any atom is -0.310 e. The van der Waals surface area contributed by atoms with E-state index in [1.807, 2.05) is 6.08 Å². The summed E-state index contributed by atoms with van der Waals surface area (Å²) in [5.41, 5.74) is 4.56. The Kier molecular flexibility index (Phi) is 4.66. The summed E-state index contributed by atoms with van der Waals surface area (Å²) in [7, 11) is 0. The normalized spacial score (nSPS) is 11.2. The highest BCUT2D eigenvalue weighted by Crippen LogP contribution is 2.38. The van der Waals surface area contributed by atoms with E-state index in [0.29, 0.717) is 0 Å². The van der Waals surface area contributed by atoms with E-state index in [-0.39, 0.29) is 0 Å². The summed E-state index contributed by atoms with van der Waals surface area (Å²) in [6.45, 7) is 3.90. The quantitative estimate of drug-likeness (QED) is 0.274. The molecular formula is C32H23N. The van der Waals surface area contributed by atoms with Gasteiger partial charge in [-0.05, 0) is 80.3 Å².